The van der Waals surface area contributed by atoms with E-state index in [0.717, 1.165) is 0 Å². The molecule has 0 unspecified atom stereocenters. The first-order valence-corrected chi connectivity index (χ1v) is 6.28. The van der Waals surface area contributed by atoms with Crippen LogP contribution in [0.4, 0.5) is 19.0 Å². The zero-order chi connectivity index (χ0) is 16.0. The number of carbonyl (C=O) groups is 1. The summed E-state index contributed by atoms with van der Waals surface area (Å²) >= 11 is 0. The molecule has 1 atom stereocenters. The summed E-state index contributed by atoms with van der Waals surface area (Å²) in [5.41, 5.74) is 0.352. The third-order valence-electron chi connectivity index (χ3n) is 2.47. The summed E-state index contributed by atoms with van der Waals surface area (Å²) in [5.74, 6) is 0.0771. The lowest BCUT2D eigenvalue weighted by Gasteiger charge is -2.18. The quantitative estimate of drug-likeness (QED) is 0.871. The van der Waals surface area contributed by atoms with Crippen LogP contribution in [0.15, 0.2) is 18.3 Å². The molecule has 1 rings (SSSR count). The molecule has 0 fully saturated rings. The Kier molecular flexibility index (Phi) is 5.95. The predicted octanol–water partition coefficient (Wildman–Crippen LogP) is 1.84. The number of anilines is 1. The van der Waals surface area contributed by atoms with Crippen molar-refractivity contribution in [1.82, 2.24) is 10.3 Å². The molecule has 0 bridgehead atoms. The highest BCUT2D eigenvalue weighted by Gasteiger charge is 2.27. The van der Waals surface area contributed by atoms with Crippen LogP contribution < -0.4 is 10.2 Å². The third kappa shape index (κ3) is 5.99. The average Bonchev–Trinajstić information content (AvgIpc) is 2.37. The second-order valence-electron chi connectivity index (χ2n) is 4.77. The van der Waals surface area contributed by atoms with Gasteiger partial charge in [0, 0.05) is 26.3 Å². The number of halogens is 3. The van der Waals surface area contributed by atoms with Gasteiger partial charge >= 0.3 is 6.18 Å². The van der Waals surface area contributed by atoms with Gasteiger partial charge in [-0.25, -0.2) is 4.98 Å². The maximum Gasteiger partial charge on any atom is 0.411 e. The van der Waals surface area contributed by atoms with E-state index in [1.165, 1.54) is 0 Å². The van der Waals surface area contributed by atoms with Gasteiger partial charge < -0.3 is 15.0 Å². The average molecular weight is 305 g/mol. The summed E-state index contributed by atoms with van der Waals surface area (Å²) in [6, 6.07) is 2.67. The van der Waals surface area contributed by atoms with Gasteiger partial charge in [-0.2, -0.15) is 13.2 Å². The van der Waals surface area contributed by atoms with Gasteiger partial charge in [-0.05, 0) is 19.1 Å². The zero-order valence-corrected chi connectivity index (χ0v) is 12.1. The number of hydrogen-bond donors (Lipinski definition) is 1. The number of aromatic nitrogens is 1. The van der Waals surface area contributed by atoms with Gasteiger partial charge in [0.05, 0.1) is 12.2 Å². The highest BCUT2D eigenvalue weighted by molar-refractivity contribution is 5.98. The molecule has 0 saturated heterocycles. The number of nitrogens with one attached hydrogen (secondary N) is 1. The zero-order valence-electron chi connectivity index (χ0n) is 12.1. The summed E-state index contributed by atoms with van der Waals surface area (Å²) in [6.45, 7) is 0.0197. The van der Waals surface area contributed by atoms with Crippen LogP contribution >= 0.6 is 0 Å². The van der Waals surface area contributed by atoms with E-state index in [-0.39, 0.29) is 6.61 Å². The lowest BCUT2D eigenvalue weighted by molar-refractivity contribution is -0.174. The highest BCUT2D eigenvalue weighted by Crippen LogP contribution is 2.15. The topological polar surface area (TPSA) is 54.5 Å². The van der Waals surface area contributed by atoms with Crippen LogP contribution in [0.1, 0.15) is 17.3 Å². The molecule has 0 radical (unpaired) electrons. The maximum atomic E-state index is 12.1. The largest absolute Gasteiger partial charge is 0.411 e. The molecule has 8 heteroatoms. The van der Waals surface area contributed by atoms with Crippen molar-refractivity contribution in [2.75, 3.05) is 32.2 Å². The number of rotatable bonds is 6. The first-order valence-electron chi connectivity index (χ1n) is 6.28. The Labute approximate surface area is 121 Å². The van der Waals surface area contributed by atoms with Crippen molar-refractivity contribution in [2.45, 2.75) is 19.1 Å². The molecule has 1 aromatic heterocycles. The number of ether oxygens (including phenoxy) is 1. The van der Waals surface area contributed by atoms with Crippen LogP contribution in [0.3, 0.4) is 0 Å². The summed E-state index contributed by atoms with van der Waals surface area (Å²) in [7, 11) is 3.49. The molecule has 21 heavy (non-hydrogen) atoms. The Morgan fingerprint density at radius 1 is 1.48 bits per heavy atom. The van der Waals surface area contributed by atoms with Gasteiger partial charge in [-0.1, -0.05) is 0 Å². The molecule has 1 aromatic rings. The van der Waals surface area contributed by atoms with Crippen LogP contribution in [0.2, 0.25) is 0 Å². The van der Waals surface area contributed by atoms with E-state index < -0.39 is 24.7 Å². The molecule has 0 saturated carbocycles. The van der Waals surface area contributed by atoms with Crippen molar-refractivity contribution in [3.8, 4) is 0 Å². The van der Waals surface area contributed by atoms with E-state index in [2.05, 4.69) is 15.0 Å². The van der Waals surface area contributed by atoms with Crippen molar-refractivity contribution in [1.29, 1.82) is 0 Å². The Morgan fingerprint density at radius 2 is 2.14 bits per heavy atom. The fraction of sp³-hybridized carbons (Fsp3) is 0.538. The molecule has 118 valence electrons. The van der Waals surface area contributed by atoms with Crippen molar-refractivity contribution in [3.05, 3.63) is 23.9 Å². The van der Waals surface area contributed by atoms with E-state index in [1.54, 1.807) is 44.2 Å². The predicted molar refractivity (Wildman–Crippen MR) is 72.4 cm³/mol. The molecular formula is C13H18F3N3O2. The molecular weight excluding hydrogens is 287 g/mol. The molecule has 1 heterocycles. The van der Waals surface area contributed by atoms with Crippen LogP contribution in [0, 0.1) is 0 Å². The molecule has 0 aliphatic rings. The minimum atomic E-state index is -4.37. The van der Waals surface area contributed by atoms with Gasteiger partial charge in [0.15, 0.2) is 0 Å². The molecule has 0 aliphatic heterocycles. The van der Waals surface area contributed by atoms with E-state index in [4.69, 9.17) is 0 Å². The number of amides is 1. The number of pyridine rings is 1. The van der Waals surface area contributed by atoms with E-state index >= 15 is 0 Å². The van der Waals surface area contributed by atoms with E-state index in [9.17, 15) is 18.0 Å². The van der Waals surface area contributed by atoms with Gasteiger partial charge in [0.2, 0.25) is 0 Å². The van der Waals surface area contributed by atoms with Crippen molar-refractivity contribution >= 4 is 11.7 Å². The van der Waals surface area contributed by atoms with Gasteiger partial charge in [0.1, 0.15) is 12.4 Å². The fourth-order valence-electron chi connectivity index (χ4n) is 1.63. The van der Waals surface area contributed by atoms with Crippen molar-refractivity contribution in [2.24, 2.45) is 0 Å². The second kappa shape index (κ2) is 7.26. The summed E-state index contributed by atoms with van der Waals surface area (Å²) < 4.78 is 40.4. The number of nitrogens with zero attached hydrogens (tertiary/aromatic N) is 2. The Hall–Kier alpha value is -1.83. The summed E-state index contributed by atoms with van der Waals surface area (Å²) in [6.07, 6.45) is -2.81. The lowest BCUT2D eigenvalue weighted by atomic mass is 10.2. The van der Waals surface area contributed by atoms with Crippen LogP contribution in [0.5, 0.6) is 0 Å². The monoisotopic (exact) mass is 305 g/mol. The normalized spacial score (nSPS) is 12.9. The van der Waals surface area contributed by atoms with Crippen molar-refractivity contribution < 1.29 is 22.7 Å². The Balaban J connectivity index is 2.57. The standard InChI is InChI=1S/C13H18F3N3O2/c1-9(7-21-8-13(14,15)16)18-12(20)10-5-4-6-17-11(10)19(2)3/h4-6,9H,7-8H2,1-3H3,(H,18,20)/t9-/m1/s1. The summed E-state index contributed by atoms with van der Waals surface area (Å²) in [4.78, 5) is 17.9. The molecule has 0 spiro atoms. The SMILES string of the molecule is C[C@H](COCC(F)(F)F)NC(=O)c1cccnc1N(C)C. The van der Waals surface area contributed by atoms with E-state index in [0.29, 0.717) is 11.4 Å². The molecule has 1 N–H and O–H groups in total. The summed E-state index contributed by atoms with van der Waals surface area (Å²) in [5, 5.41) is 2.58. The van der Waals surface area contributed by atoms with Gasteiger partial charge in [0.25, 0.3) is 5.91 Å². The molecule has 1 amide bonds. The first-order chi connectivity index (χ1) is 9.70. The maximum absolute atomic E-state index is 12.1. The minimum absolute atomic E-state index is 0.219. The fourth-order valence-corrected chi connectivity index (χ4v) is 1.63. The van der Waals surface area contributed by atoms with Crippen LogP contribution in [-0.4, -0.2) is 50.4 Å². The van der Waals surface area contributed by atoms with Crippen LogP contribution in [0.25, 0.3) is 0 Å². The Bertz CT molecular complexity index is 478. The second-order valence-corrected chi connectivity index (χ2v) is 4.77. The molecule has 5 nitrogen and oxygen atoms in total. The lowest BCUT2D eigenvalue weighted by Crippen LogP contribution is -2.37. The number of hydrogen-bond acceptors (Lipinski definition) is 4. The molecule has 0 aromatic carbocycles. The van der Waals surface area contributed by atoms with Crippen LogP contribution in [-0.2, 0) is 4.74 Å². The smallest absolute Gasteiger partial charge is 0.370 e. The minimum Gasteiger partial charge on any atom is -0.370 e. The highest BCUT2D eigenvalue weighted by atomic mass is 19.4. The van der Waals surface area contributed by atoms with Gasteiger partial charge in [-0.3, -0.25) is 4.79 Å². The van der Waals surface area contributed by atoms with E-state index in [1.807, 2.05) is 0 Å². The molecule has 0 aliphatic carbocycles. The van der Waals surface area contributed by atoms with Gasteiger partial charge in [-0.15, -0.1) is 0 Å². The number of alkyl halides is 3. The third-order valence-corrected chi connectivity index (χ3v) is 2.47. The Morgan fingerprint density at radius 3 is 2.71 bits per heavy atom. The van der Waals surface area contributed by atoms with Crippen molar-refractivity contribution in [3.63, 3.8) is 0 Å². The first kappa shape index (κ1) is 17.2. The number of carbonyl (C=O) groups excluding carboxylic acids is 1.